The van der Waals surface area contributed by atoms with Crippen molar-refractivity contribution in [2.24, 2.45) is 0 Å². The molecule has 2 unspecified atom stereocenters. The zero-order valence-corrected chi connectivity index (χ0v) is 11.8. The van der Waals surface area contributed by atoms with Crippen LogP contribution in [0.5, 0.6) is 0 Å². The van der Waals surface area contributed by atoms with E-state index < -0.39 is 0 Å². The summed E-state index contributed by atoms with van der Waals surface area (Å²) in [7, 11) is 0. The lowest BCUT2D eigenvalue weighted by Gasteiger charge is -2.31. The molecule has 0 spiro atoms. The average molecular weight is 272 g/mol. The third kappa shape index (κ3) is 2.68. The first-order valence-electron chi connectivity index (χ1n) is 6.80. The lowest BCUT2D eigenvalue weighted by atomic mass is 9.77. The number of halogens is 1. The fourth-order valence-corrected chi connectivity index (χ4v) is 2.86. The summed E-state index contributed by atoms with van der Waals surface area (Å²) in [5, 5.41) is 4.41. The molecule has 0 radical (unpaired) electrons. The molecule has 0 amide bonds. The number of nitrogens with one attached hydrogen (secondary N) is 1. The molecular weight excluding hydrogens is 254 g/mol. The Hall–Kier alpha value is -1.31. The van der Waals surface area contributed by atoms with Gasteiger partial charge in [-0.1, -0.05) is 48.0 Å². The average Bonchev–Trinajstić information content (AvgIpc) is 2.40. The molecule has 98 valence electrons. The third-order valence-electron chi connectivity index (χ3n) is 4.00. The highest BCUT2D eigenvalue weighted by atomic mass is 35.5. The molecule has 0 saturated heterocycles. The van der Waals surface area contributed by atoms with E-state index in [1.807, 2.05) is 12.1 Å². The topological polar surface area (TPSA) is 12.0 Å². The lowest BCUT2D eigenvalue weighted by molar-refractivity contribution is 0.489. The van der Waals surface area contributed by atoms with Gasteiger partial charge in [0.1, 0.15) is 0 Å². The van der Waals surface area contributed by atoms with Gasteiger partial charge in [0.15, 0.2) is 0 Å². The second-order valence-electron chi connectivity index (χ2n) is 5.28. The smallest absolute Gasteiger partial charge is 0.0406 e. The molecule has 1 aliphatic carbocycles. The van der Waals surface area contributed by atoms with Crippen molar-refractivity contribution in [3.63, 3.8) is 0 Å². The van der Waals surface area contributed by atoms with Gasteiger partial charge in [0.2, 0.25) is 0 Å². The summed E-state index contributed by atoms with van der Waals surface area (Å²) >= 11 is 5.91. The van der Waals surface area contributed by atoms with Crippen molar-refractivity contribution in [2.75, 3.05) is 6.54 Å². The van der Waals surface area contributed by atoms with E-state index in [0.717, 1.165) is 11.6 Å². The maximum absolute atomic E-state index is 5.91. The normalized spacial score (nSPS) is 18.5. The van der Waals surface area contributed by atoms with Crippen molar-refractivity contribution >= 4 is 11.6 Å². The van der Waals surface area contributed by atoms with E-state index in [1.165, 1.54) is 23.1 Å². The van der Waals surface area contributed by atoms with Gasteiger partial charge in [0, 0.05) is 23.5 Å². The van der Waals surface area contributed by atoms with Gasteiger partial charge >= 0.3 is 0 Å². The predicted octanol–water partition coefficient (Wildman–Crippen LogP) is 4.33. The molecule has 0 aromatic heterocycles. The molecule has 0 heterocycles. The van der Waals surface area contributed by atoms with Gasteiger partial charge < -0.3 is 5.32 Å². The predicted molar refractivity (Wildman–Crippen MR) is 80.8 cm³/mol. The van der Waals surface area contributed by atoms with E-state index in [0.29, 0.717) is 12.0 Å². The van der Waals surface area contributed by atoms with Crippen LogP contribution in [0.1, 0.15) is 35.6 Å². The van der Waals surface area contributed by atoms with Crippen LogP contribution in [0.3, 0.4) is 0 Å². The Balaban J connectivity index is 1.57. The maximum Gasteiger partial charge on any atom is 0.0406 e. The van der Waals surface area contributed by atoms with Gasteiger partial charge in [-0.25, -0.2) is 0 Å². The van der Waals surface area contributed by atoms with Crippen molar-refractivity contribution in [3.05, 3.63) is 70.2 Å². The third-order valence-corrected chi connectivity index (χ3v) is 4.25. The maximum atomic E-state index is 5.91. The quantitative estimate of drug-likeness (QED) is 0.873. The van der Waals surface area contributed by atoms with E-state index in [2.05, 4.69) is 48.6 Å². The number of hydrogen-bond donors (Lipinski definition) is 1. The van der Waals surface area contributed by atoms with E-state index in [1.54, 1.807) is 0 Å². The van der Waals surface area contributed by atoms with Gasteiger partial charge in [-0.2, -0.15) is 0 Å². The standard InChI is InChI=1S/C17H18ClN/c1-12(13-6-8-16(18)9-7-13)19-11-15-10-14-4-2-3-5-17(14)15/h2-9,12,15,19H,10-11H2,1H3. The Bertz CT molecular complexity index is 562. The minimum atomic E-state index is 0.366. The SMILES string of the molecule is CC(NCC1Cc2ccccc21)c1ccc(Cl)cc1. The fourth-order valence-electron chi connectivity index (χ4n) is 2.73. The van der Waals surface area contributed by atoms with E-state index >= 15 is 0 Å². The summed E-state index contributed by atoms with van der Waals surface area (Å²) in [5.74, 6) is 0.672. The van der Waals surface area contributed by atoms with Crippen LogP contribution in [0.25, 0.3) is 0 Å². The molecule has 0 fully saturated rings. The van der Waals surface area contributed by atoms with Crippen LogP contribution in [0.15, 0.2) is 48.5 Å². The van der Waals surface area contributed by atoms with Gasteiger partial charge in [-0.3, -0.25) is 0 Å². The van der Waals surface area contributed by atoms with Crippen LogP contribution in [0, 0.1) is 0 Å². The summed E-state index contributed by atoms with van der Waals surface area (Å²) in [4.78, 5) is 0. The van der Waals surface area contributed by atoms with Gasteiger partial charge in [0.05, 0.1) is 0 Å². The first kappa shape index (κ1) is 12.7. The molecule has 19 heavy (non-hydrogen) atoms. The highest BCUT2D eigenvalue weighted by molar-refractivity contribution is 6.30. The highest BCUT2D eigenvalue weighted by Gasteiger charge is 2.25. The fraction of sp³-hybridized carbons (Fsp3) is 0.294. The molecule has 2 heteroatoms. The molecule has 3 rings (SSSR count). The summed E-state index contributed by atoms with van der Waals surface area (Å²) in [6, 6.07) is 17.2. The van der Waals surface area contributed by atoms with E-state index in [9.17, 15) is 0 Å². The van der Waals surface area contributed by atoms with Crippen molar-refractivity contribution < 1.29 is 0 Å². The highest BCUT2D eigenvalue weighted by Crippen LogP contribution is 2.34. The number of fused-ring (bicyclic) bond motifs is 1. The zero-order valence-electron chi connectivity index (χ0n) is 11.1. The van der Waals surface area contributed by atoms with Crippen LogP contribution in [-0.4, -0.2) is 6.54 Å². The van der Waals surface area contributed by atoms with Gasteiger partial charge in [-0.05, 0) is 42.2 Å². The molecule has 0 bridgehead atoms. The Morgan fingerprint density at radius 3 is 2.63 bits per heavy atom. The van der Waals surface area contributed by atoms with Crippen molar-refractivity contribution in [1.29, 1.82) is 0 Å². The van der Waals surface area contributed by atoms with Gasteiger partial charge in [-0.15, -0.1) is 0 Å². The summed E-state index contributed by atoms with van der Waals surface area (Å²) in [5.41, 5.74) is 4.31. The molecule has 0 saturated carbocycles. The Morgan fingerprint density at radius 2 is 1.89 bits per heavy atom. The first-order chi connectivity index (χ1) is 9.24. The van der Waals surface area contributed by atoms with Crippen molar-refractivity contribution in [1.82, 2.24) is 5.32 Å². The Kier molecular flexibility index (Phi) is 3.58. The van der Waals surface area contributed by atoms with Crippen LogP contribution in [0.2, 0.25) is 5.02 Å². The molecule has 1 N–H and O–H groups in total. The summed E-state index contributed by atoms with van der Waals surface area (Å²) in [6.45, 7) is 3.24. The Morgan fingerprint density at radius 1 is 1.16 bits per heavy atom. The van der Waals surface area contributed by atoms with E-state index in [-0.39, 0.29) is 0 Å². The number of benzene rings is 2. The molecule has 1 aliphatic rings. The summed E-state index contributed by atoms with van der Waals surface area (Å²) in [6.07, 6.45) is 1.20. The monoisotopic (exact) mass is 271 g/mol. The Labute approximate surface area is 119 Å². The molecule has 0 aliphatic heterocycles. The van der Waals surface area contributed by atoms with Gasteiger partial charge in [0.25, 0.3) is 0 Å². The molecule has 2 aromatic carbocycles. The minimum Gasteiger partial charge on any atom is -0.310 e. The van der Waals surface area contributed by atoms with E-state index in [4.69, 9.17) is 11.6 Å². The van der Waals surface area contributed by atoms with Crippen LogP contribution >= 0.6 is 11.6 Å². The van der Waals surface area contributed by atoms with Crippen LogP contribution in [-0.2, 0) is 6.42 Å². The van der Waals surface area contributed by atoms with Crippen molar-refractivity contribution in [2.45, 2.75) is 25.3 Å². The first-order valence-corrected chi connectivity index (χ1v) is 7.18. The van der Waals surface area contributed by atoms with Crippen molar-refractivity contribution in [3.8, 4) is 0 Å². The zero-order chi connectivity index (χ0) is 13.2. The second kappa shape index (κ2) is 5.36. The lowest BCUT2D eigenvalue weighted by Crippen LogP contribution is -2.30. The second-order valence-corrected chi connectivity index (χ2v) is 5.72. The largest absolute Gasteiger partial charge is 0.310 e. The number of hydrogen-bond acceptors (Lipinski definition) is 1. The molecule has 2 atom stereocenters. The van der Waals surface area contributed by atoms with Crippen LogP contribution < -0.4 is 5.32 Å². The minimum absolute atomic E-state index is 0.366. The van der Waals surface area contributed by atoms with Crippen LogP contribution in [0.4, 0.5) is 0 Å². The molecular formula is C17H18ClN. The molecule has 1 nitrogen and oxygen atoms in total. The number of rotatable bonds is 4. The summed E-state index contributed by atoms with van der Waals surface area (Å²) < 4.78 is 0. The molecule has 2 aromatic rings.